The topological polar surface area (TPSA) is 46.5 Å². The van der Waals surface area contributed by atoms with E-state index in [1.54, 1.807) is 0 Å². The third-order valence-corrected chi connectivity index (χ3v) is 11.5. The lowest BCUT2D eigenvalue weighted by Crippen LogP contribution is -2.49. The first kappa shape index (κ1) is 25.3. The van der Waals surface area contributed by atoms with Gasteiger partial charge in [0.2, 0.25) is 0 Å². The lowest BCUT2D eigenvalue weighted by Gasteiger charge is -2.56. The molecule has 3 fully saturated rings. The molecule has 4 aliphatic carbocycles. The quantitative estimate of drug-likeness (QED) is 0.339. The third-order valence-electron chi connectivity index (χ3n) is 11.5. The van der Waals surface area contributed by atoms with E-state index >= 15 is 0 Å². The van der Waals surface area contributed by atoms with Crippen LogP contribution in [0.15, 0.2) is 11.6 Å². The Morgan fingerprint density at radius 2 is 1.79 bits per heavy atom. The molecule has 0 aromatic heterocycles. The Morgan fingerprint density at radius 1 is 1.09 bits per heavy atom. The van der Waals surface area contributed by atoms with Crippen molar-refractivity contribution in [2.24, 2.45) is 51.8 Å². The van der Waals surface area contributed by atoms with Crippen molar-refractivity contribution in [2.75, 3.05) is 7.11 Å². The van der Waals surface area contributed by atoms with Gasteiger partial charge in [0.15, 0.2) is 5.60 Å². The molecule has 3 saturated carbocycles. The van der Waals surface area contributed by atoms with Crippen LogP contribution in [-0.2, 0) is 9.53 Å². The van der Waals surface area contributed by atoms with Crippen molar-refractivity contribution in [1.82, 2.24) is 0 Å². The van der Waals surface area contributed by atoms with Gasteiger partial charge in [-0.25, -0.2) is 4.79 Å². The smallest absolute Gasteiger partial charge is 0.338 e. The largest absolute Gasteiger partial charge is 0.467 e. The van der Waals surface area contributed by atoms with E-state index in [0.717, 1.165) is 30.1 Å². The number of hydrogen-bond donors (Lipinski definition) is 1. The first-order valence-electron chi connectivity index (χ1n) is 13.8. The van der Waals surface area contributed by atoms with Crippen LogP contribution in [0.25, 0.3) is 0 Å². The van der Waals surface area contributed by atoms with Crippen LogP contribution in [0.4, 0.5) is 0 Å². The van der Waals surface area contributed by atoms with Gasteiger partial charge in [-0.3, -0.25) is 0 Å². The molecule has 0 radical (unpaired) electrons. The first-order chi connectivity index (χ1) is 15.3. The van der Waals surface area contributed by atoms with Gasteiger partial charge in [0, 0.05) is 5.41 Å². The Morgan fingerprint density at radius 3 is 2.42 bits per heavy atom. The van der Waals surface area contributed by atoms with Gasteiger partial charge < -0.3 is 9.84 Å². The fraction of sp³-hybridized carbons (Fsp3) is 0.900. The molecule has 8 atom stereocenters. The number of hydrogen-bond acceptors (Lipinski definition) is 3. The number of esters is 1. The zero-order valence-electron chi connectivity index (χ0n) is 22.7. The third kappa shape index (κ3) is 3.57. The van der Waals surface area contributed by atoms with Gasteiger partial charge >= 0.3 is 5.97 Å². The van der Waals surface area contributed by atoms with E-state index in [9.17, 15) is 9.90 Å². The van der Waals surface area contributed by atoms with E-state index in [4.69, 9.17) is 4.74 Å². The summed E-state index contributed by atoms with van der Waals surface area (Å²) in [7, 11) is 1.41. The summed E-state index contributed by atoms with van der Waals surface area (Å²) in [4.78, 5) is 12.8. The molecule has 0 aromatic carbocycles. The van der Waals surface area contributed by atoms with E-state index in [1.807, 2.05) is 0 Å². The summed E-state index contributed by atoms with van der Waals surface area (Å²) in [6.45, 7) is 16.3. The summed E-state index contributed by atoms with van der Waals surface area (Å²) < 4.78 is 5.12. The molecule has 0 aliphatic heterocycles. The molecule has 188 valence electrons. The second-order valence-electron chi connectivity index (χ2n) is 13.8. The van der Waals surface area contributed by atoms with Crippen LogP contribution >= 0.6 is 0 Å². The second kappa shape index (κ2) is 8.38. The minimum atomic E-state index is -1.43. The highest BCUT2D eigenvalue weighted by Gasteiger charge is 2.69. The highest BCUT2D eigenvalue weighted by Crippen LogP contribution is 2.71. The van der Waals surface area contributed by atoms with Crippen LogP contribution in [0, 0.1) is 51.8 Å². The van der Waals surface area contributed by atoms with Gasteiger partial charge in [-0.1, -0.05) is 79.4 Å². The Bertz CT molecular complexity index is 796. The molecule has 0 heterocycles. The fourth-order valence-corrected chi connectivity index (χ4v) is 9.79. The van der Waals surface area contributed by atoms with Crippen LogP contribution < -0.4 is 0 Å². The summed E-state index contributed by atoms with van der Waals surface area (Å²) in [5, 5.41) is 11.6. The number of ether oxygens (including phenoxy) is 1. The second-order valence-corrected chi connectivity index (χ2v) is 13.8. The normalized spacial score (nSPS) is 44.6. The van der Waals surface area contributed by atoms with Gasteiger partial charge in [-0.05, 0) is 84.9 Å². The molecular formula is C30H50O3. The van der Waals surface area contributed by atoms with Gasteiger partial charge in [0.05, 0.1) is 7.11 Å². The van der Waals surface area contributed by atoms with Crippen molar-refractivity contribution in [2.45, 2.75) is 112 Å². The number of rotatable bonds is 6. The lowest BCUT2D eigenvalue weighted by atomic mass is 9.48. The van der Waals surface area contributed by atoms with Crippen LogP contribution in [0.5, 0.6) is 0 Å². The lowest BCUT2D eigenvalue weighted by molar-refractivity contribution is -0.172. The van der Waals surface area contributed by atoms with E-state index in [0.29, 0.717) is 23.7 Å². The standard InChI is InChI=1S/C30H50O3/c1-19(2)10-9-11-20(3)22-13-14-23-21-12-15-25-27(4,5)30(32,26(31)33-8)18-29(25,7)24(21)16-17-28(22,23)6/h15,19-24,32H,9-14,16-18H2,1-8H3/t20-,21-,22-,23+,24-,28+,29-,30+/m0/s1. The molecule has 3 nitrogen and oxygen atoms in total. The number of methoxy groups -OCH3 is 1. The van der Waals surface area contributed by atoms with Gasteiger partial charge in [0.1, 0.15) is 0 Å². The Hall–Kier alpha value is -0.830. The van der Waals surface area contributed by atoms with Gasteiger partial charge in [0.25, 0.3) is 0 Å². The Labute approximate surface area is 203 Å². The van der Waals surface area contributed by atoms with Crippen LogP contribution in [-0.4, -0.2) is 23.8 Å². The number of allylic oxidation sites excluding steroid dienone is 1. The average Bonchev–Trinajstić information content (AvgIpc) is 3.17. The molecule has 0 aromatic rings. The highest BCUT2D eigenvalue weighted by atomic mass is 16.5. The van der Waals surface area contributed by atoms with E-state index in [1.165, 1.54) is 57.6 Å². The summed E-state index contributed by atoms with van der Waals surface area (Å²) in [5.74, 6) is 4.03. The highest BCUT2D eigenvalue weighted by molar-refractivity contribution is 5.82. The van der Waals surface area contributed by atoms with Crippen molar-refractivity contribution < 1.29 is 14.6 Å². The Balaban J connectivity index is 1.58. The maximum absolute atomic E-state index is 12.8. The molecule has 3 heteroatoms. The van der Waals surface area contributed by atoms with Crippen LogP contribution in [0.3, 0.4) is 0 Å². The molecule has 0 bridgehead atoms. The number of carbonyl (C=O) groups excluding carboxylic acids is 1. The first-order valence-corrected chi connectivity index (χ1v) is 13.8. The van der Waals surface area contributed by atoms with Crippen molar-refractivity contribution in [3.63, 3.8) is 0 Å². The van der Waals surface area contributed by atoms with Crippen molar-refractivity contribution in [1.29, 1.82) is 0 Å². The predicted molar refractivity (Wildman–Crippen MR) is 135 cm³/mol. The molecule has 0 saturated heterocycles. The van der Waals surface area contributed by atoms with E-state index in [-0.39, 0.29) is 5.41 Å². The SMILES string of the molecule is COC(=O)[C@]1(O)C[C@]2(C)C(=CC[C@H]3[C@H]4CC[C@@H]([C@@H](C)CCCC(C)C)[C@@]4(C)CC[C@@H]32)C1(C)C. The van der Waals surface area contributed by atoms with E-state index < -0.39 is 17.0 Å². The molecule has 4 rings (SSSR count). The molecule has 0 spiro atoms. The summed E-state index contributed by atoms with van der Waals surface area (Å²) in [6.07, 6.45) is 13.4. The maximum atomic E-state index is 12.8. The molecular weight excluding hydrogens is 408 g/mol. The summed E-state index contributed by atoms with van der Waals surface area (Å²) in [6, 6.07) is 0. The minimum absolute atomic E-state index is 0.113. The van der Waals surface area contributed by atoms with Crippen LogP contribution in [0.1, 0.15) is 106 Å². The molecule has 4 aliphatic rings. The molecule has 1 N–H and O–H groups in total. The van der Waals surface area contributed by atoms with Gasteiger partial charge in [-0.15, -0.1) is 0 Å². The molecule has 33 heavy (non-hydrogen) atoms. The number of aliphatic hydroxyl groups is 1. The summed E-state index contributed by atoms with van der Waals surface area (Å²) >= 11 is 0. The van der Waals surface area contributed by atoms with Crippen LogP contribution in [0.2, 0.25) is 0 Å². The number of carbonyl (C=O) groups is 1. The van der Waals surface area contributed by atoms with Crippen molar-refractivity contribution >= 4 is 5.97 Å². The zero-order valence-corrected chi connectivity index (χ0v) is 22.7. The Kier molecular flexibility index (Phi) is 6.42. The van der Waals surface area contributed by atoms with Crippen molar-refractivity contribution in [3.05, 3.63) is 11.6 Å². The van der Waals surface area contributed by atoms with Crippen molar-refractivity contribution in [3.8, 4) is 0 Å². The van der Waals surface area contributed by atoms with E-state index in [2.05, 4.69) is 54.5 Å². The summed E-state index contributed by atoms with van der Waals surface area (Å²) in [5.41, 5.74) is -0.362. The molecule has 0 amide bonds. The minimum Gasteiger partial charge on any atom is -0.467 e. The fourth-order valence-electron chi connectivity index (χ4n) is 9.79. The monoisotopic (exact) mass is 458 g/mol. The molecule has 0 unspecified atom stereocenters. The number of fused-ring (bicyclic) bond motifs is 5. The van der Waals surface area contributed by atoms with Gasteiger partial charge in [-0.2, -0.15) is 0 Å². The maximum Gasteiger partial charge on any atom is 0.338 e. The average molecular weight is 459 g/mol. The predicted octanol–water partition coefficient (Wildman–Crippen LogP) is 7.18. The zero-order chi connectivity index (χ0) is 24.4.